The summed E-state index contributed by atoms with van der Waals surface area (Å²) in [5.74, 6) is -1.27. The molecular weight excluding hydrogens is 234 g/mol. The third-order valence-corrected chi connectivity index (χ3v) is 4.33. The first-order chi connectivity index (χ1) is 8.56. The molecule has 2 N–H and O–H groups in total. The van der Waals surface area contributed by atoms with Gasteiger partial charge < -0.3 is 15.2 Å². The molecule has 1 amide bonds. The van der Waals surface area contributed by atoms with Gasteiger partial charge in [-0.2, -0.15) is 0 Å². The summed E-state index contributed by atoms with van der Waals surface area (Å²) < 4.78 is 5.18. The number of amides is 1. The van der Waals surface area contributed by atoms with Crippen molar-refractivity contribution in [1.29, 1.82) is 0 Å². The predicted octanol–water partition coefficient (Wildman–Crippen LogP) is 1.17. The zero-order chi connectivity index (χ0) is 13.2. The van der Waals surface area contributed by atoms with Crippen molar-refractivity contribution >= 4 is 11.9 Å². The Morgan fingerprint density at radius 3 is 2.67 bits per heavy atom. The summed E-state index contributed by atoms with van der Waals surface area (Å²) in [6, 6.07) is 0. The van der Waals surface area contributed by atoms with Crippen LogP contribution in [0.2, 0.25) is 0 Å². The first-order valence-electron chi connectivity index (χ1n) is 6.69. The lowest BCUT2D eigenvalue weighted by Gasteiger charge is -2.40. The van der Waals surface area contributed by atoms with Gasteiger partial charge in [-0.05, 0) is 25.2 Å². The number of aliphatic carboxylic acids is 1. The molecule has 0 radical (unpaired) electrons. The second-order valence-electron chi connectivity index (χ2n) is 5.47. The summed E-state index contributed by atoms with van der Waals surface area (Å²) in [6.07, 6.45) is 3.98. The van der Waals surface area contributed by atoms with Crippen molar-refractivity contribution < 1.29 is 19.4 Å². The molecule has 2 rings (SSSR count). The average molecular weight is 255 g/mol. The van der Waals surface area contributed by atoms with Crippen molar-refractivity contribution in [3.05, 3.63) is 0 Å². The van der Waals surface area contributed by atoms with Crippen molar-refractivity contribution in [2.24, 2.45) is 11.8 Å². The van der Waals surface area contributed by atoms with Crippen molar-refractivity contribution in [1.82, 2.24) is 5.32 Å². The lowest BCUT2D eigenvalue weighted by molar-refractivity contribution is -0.152. The van der Waals surface area contributed by atoms with Crippen molar-refractivity contribution in [2.75, 3.05) is 13.2 Å². The molecule has 102 valence electrons. The Bertz CT molecular complexity index is 338. The maximum atomic E-state index is 12.1. The Balaban J connectivity index is 2.10. The van der Waals surface area contributed by atoms with Gasteiger partial charge in [0.25, 0.3) is 0 Å². The molecule has 2 fully saturated rings. The smallest absolute Gasteiger partial charge is 0.329 e. The third kappa shape index (κ3) is 2.36. The highest BCUT2D eigenvalue weighted by atomic mass is 16.5. The van der Waals surface area contributed by atoms with E-state index in [0.717, 1.165) is 19.3 Å². The fourth-order valence-electron chi connectivity index (χ4n) is 2.97. The topological polar surface area (TPSA) is 75.6 Å². The van der Waals surface area contributed by atoms with Gasteiger partial charge in [0.1, 0.15) is 5.54 Å². The summed E-state index contributed by atoms with van der Waals surface area (Å²) >= 11 is 0. The Labute approximate surface area is 107 Å². The Kier molecular flexibility index (Phi) is 3.90. The van der Waals surface area contributed by atoms with Crippen LogP contribution >= 0.6 is 0 Å². The number of rotatable bonds is 3. The predicted molar refractivity (Wildman–Crippen MR) is 65.1 cm³/mol. The zero-order valence-electron chi connectivity index (χ0n) is 10.8. The lowest BCUT2D eigenvalue weighted by atomic mass is 9.73. The van der Waals surface area contributed by atoms with Gasteiger partial charge in [-0.15, -0.1) is 0 Å². The molecule has 1 aliphatic heterocycles. The summed E-state index contributed by atoms with van der Waals surface area (Å²) in [6.45, 7) is 2.92. The molecule has 0 spiro atoms. The van der Waals surface area contributed by atoms with E-state index >= 15 is 0 Å². The van der Waals surface area contributed by atoms with E-state index in [1.807, 2.05) is 6.92 Å². The van der Waals surface area contributed by atoms with E-state index in [1.165, 1.54) is 0 Å². The van der Waals surface area contributed by atoms with Crippen LogP contribution in [0.15, 0.2) is 0 Å². The number of nitrogens with one attached hydrogen (secondary N) is 1. The van der Waals surface area contributed by atoms with E-state index < -0.39 is 11.5 Å². The number of hydrogen-bond acceptors (Lipinski definition) is 3. The molecule has 0 aromatic rings. The normalized spacial score (nSPS) is 36.3. The summed E-state index contributed by atoms with van der Waals surface area (Å²) in [5, 5.41) is 12.3. The van der Waals surface area contributed by atoms with Gasteiger partial charge >= 0.3 is 5.97 Å². The van der Waals surface area contributed by atoms with E-state index in [1.54, 1.807) is 0 Å². The minimum atomic E-state index is -1.07. The molecule has 1 aliphatic carbocycles. The fourth-order valence-corrected chi connectivity index (χ4v) is 2.97. The Morgan fingerprint density at radius 1 is 1.33 bits per heavy atom. The van der Waals surface area contributed by atoms with Gasteiger partial charge in [0.15, 0.2) is 0 Å². The van der Waals surface area contributed by atoms with Crippen LogP contribution in [0.5, 0.6) is 0 Å². The quantitative estimate of drug-likeness (QED) is 0.794. The van der Waals surface area contributed by atoms with Crippen LogP contribution < -0.4 is 5.32 Å². The van der Waals surface area contributed by atoms with Gasteiger partial charge in [-0.3, -0.25) is 4.79 Å². The highest BCUT2D eigenvalue weighted by Gasteiger charge is 2.47. The van der Waals surface area contributed by atoms with E-state index in [4.69, 9.17) is 4.74 Å². The number of carbonyl (C=O) groups is 2. The van der Waals surface area contributed by atoms with Crippen molar-refractivity contribution in [2.45, 2.75) is 44.6 Å². The maximum Gasteiger partial charge on any atom is 0.329 e. The van der Waals surface area contributed by atoms with Crippen LogP contribution in [0.4, 0.5) is 0 Å². The van der Waals surface area contributed by atoms with Crippen molar-refractivity contribution in [3.8, 4) is 0 Å². The number of carbonyl (C=O) groups excluding carboxylic acids is 1. The van der Waals surface area contributed by atoms with E-state index in [9.17, 15) is 14.7 Å². The molecule has 0 aromatic heterocycles. The van der Waals surface area contributed by atoms with Gasteiger partial charge in [-0.1, -0.05) is 19.8 Å². The fraction of sp³-hybridized carbons (Fsp3) is 0.846. The highest BCUT2D eigenvalue weighted by molar-refractivity contribution is 5.88. The Morgan fingerprint density at radius 2 is 2.11 bits per heavy atom. The minimum absolute atomic E-state index is 0.0185. The van der Waals surface area contributed by atoms with Crippen LogP contribution in [0.3, 0.4) is 0 Å². The van der Waals surface area contributed by atoms with Crippen LogP contribution in [0, 0.1) is 11.8 Å². The first kappa shape index (κ1) is 13.3. The standard InChI is InChI=1S/C13H21NO4/c1-9-4-2-3-6-13(9,12(16)17)14-11(15)10-5-7-18-8-10/h9-10H,2-8H2,1H3,(H,14,15)(H,16,17). The molecular formula is C13H21NO4. The largest absolute Gasteiger partial charge is 0.479 e. The summed E-state index contributed by atoms with van der Waals surface area (Å²) in [4.78, 5) is 23.7. The van der Waals surface area contributed by atoms with E-state index in [2.05, 4.69) is 5.32 Å². The second kappa shape index (κ2) is 5.26. The molecule has 5 heteroatoms. The third-order valence-electron chi connectivity index (χ3n) is 4.33. The number of ether oxygens (including phenoxy) is 1. The van der Waals surface area contributed by atoms with Crippen LogP contribution in [-0.2, 0) is 14.3 Å². The number of carboxylic acid groups (broad SMARTS) is 1. The van der Waals surface area contributed by atoms with Crippen LogP contribution in [0.25, 0.3) is 0 Å². The molecule has 1 saturated carbocycles. The summed E-state index contributed by atoms with van der Waals surface area (Å²) in [7, 11) is 0. The van der Waals surface area contributed by atoms with Gasteiger partial charge in [0.05, 0.1) is 12.5 Å². The lowest BCUT2D eigenvalue weighted by Crippen LogP contribution is -2.61. The Hall–Kier alpha value is -1.10. The van der Waals surface area contributed by atoms with Crippen LogP contribution in [-0.4, -0.2) is 35.7 Å². The molecule has 1 saturated heterocycles. The monoisotopic (exact) mass is 255 g/mol. The highest BCUT2D eigenvalue weighted by Crippen LogP contribution is 2.34. The SMILES string of the molecule is CC1CCCCC1(NC(=O)C1CCOC1)C(=O)O. The van der Waals surface area contributed by atoms with E-state index in [-0.39, 0.29) is 17.7 Å². The first-order valence-corrected chi connectivity index (χ1v) is 6.69. The molecule has 5 nitrogen and oxygen atoms in total. The van der Waals surface area contributed by atoms with Crippen molar-refractivity contribution in [3.63, 3.8) is 0 Å². The molecule has 3 unspecified atom stereocenters. The van der Waals surface area contributed by atoms with E-state index in [0.29, 0.717) is 26.1 Å². The van der Waals surface area contributed by atoms with Gasteiger partial charge in [0, 0.05) is 6.61 Å². The summed E-state index contributed by atoms with van der Waals surface area (Å²) in [5.41, 5.74) is -1.07. The zero-order valence-corrected chi connectivity index (χ0v) is 10.8. The van der Waals surface area contributed by atoms with Crippen LogP contribution in [0.1, 0.15) is 39.0 Å². The maximum absolute atomic E-state index is 12.1. The molecule has 2 aliphatic rings. The van der Waals surface area contributed by atoms with Gasteiger partial charge in [-0.25, -0.2) is 4.79 Å². The number of carboxylic acids is 1. The average Bonchev–Trinajstić information content (AvgIpc) is 2.85. The molecule has 3 atom stereocenters. The van der Waals surface area contributed by atoms with Gasteiger partial charge in [0.2, 0.25) is 5.91 Å². The number of hydrogen-bond donors (Lipinski definition) is 2. The molecule has 0 aromatic carbocycles. The molecule has 1 heterocycles. The minimum Gasteiger partial charge on any atom is -0.479 e. The second-order valence-corrected chi connectivity index (χ2v) is 5.47. The molecule has 0 bridgehead atoms. The molecule has 18 heavy (non-hydrogen) atoms.